The van der Waals surface area contributed by atoms with Crippen molar-refractivity contribution in [3.05, 3.63) is 23.8 Å². The molecule has 3 amide bonds. The standard InChI is InChI=1S/C12H12N2O4S/c1-19(17)7-2-3-9-8(6-7)12(4-5-18-9)10(15)13-11(16)14-12/h2-3,6H,4-5H2,1H3,(H2,13,14,15,16). The summed E-state index contributed by atoms with van der Waals surface area (Å²) in [5, 5.41) is 4.91. The van der Waals surface area contributed by atoms with Crippen LogP contribution in [0, 0.1) is 0 Å². The molecule has 19 heavy (non-hydrogen) atoms. The van der Waals surface area contributed by atoms with Crippen LogP contribution >= 0.6 is 0 Å². The molecule has 0 bridgehead atoms. The summed E-state index contributed by atoms with van der Waals surface area (Å²) in [6.07, 6.45) is 1.92. The van der Waals surface area contributed by atoms with Crippen LogP contribution in [0.4, 0.5) is 4.79 Å². The Morgan fingerprint density at radius 2 is 2.21 bits per heavy atom. The van der Waals surface area contributed by atoms with Crippen molar-refractivity contribution in [2.75, 3.05) is 12.9 Å². The summed E-state index contributed by atoms with van der Waals surface area (Å²) in [6, 6.07) is 4.53. The van der Waals surface area contributed by atoms with Gasteiger partial charge in [-0.25, -0.2) is 4.79 Å². The number of amides is 3. The van der Waals surface area contributed by atoms with Crippen molar-refractivity contribution in [1.29, 1.82) is 0 Å². The minimum absolute atomic E-state index is 0.343. The molecular formula is C12H12N2O4S. The van der Waals surface area contributed by atoms with Crippen molar-refractivity contribution in [3.8, 4) is 5.75 Å². The lowest BCUT2D eigenvalue weighted by atomic mass is 9.84. The second-order valence-electron chi connectivity index (χ2n) is 4.52. The number of benzene rings is 1. The minimum atomic E-state index is -1.16. The molecule has 2 heterocycles. The number of imide groups is 1. The van der Waals surface area contributed by atoms with Gasteiger partial charge in [0.05, 0.1) is 6.61 Å². The monoisotopic (exact) mass is 280 g/mol. The molecule has 2 N–H and O–H groups in total. The molecule has 0 aliphatic carbocycles. The van der Waals surface area contributed by atoms with Gasteiger partial charge >= 0.3 is 6.03 Å². The normalized spacial score (nSPS) is 26.4. The molecule has 0 saturated carbocycles. The zero-order valence-corrected chi connectivity index (χ0v) is 11.0. The summed E-state index contributed by atoms with van der Waals surface area (Å²) < 4.78 is 17.1. The van der Waals surface area contributed by atoms with Crippen molar-refractivity contribution in [3.63, 3.8) is 0 Å². The Balaban J connectivity index is 2.15. The van der Waals surface area contributed by atoms with E-state index in [2.05, 4.69) is 10.6 Å². The topological polar surface area (TPSA) is 90.5 Å². The van der Waals surface area contributed by atoms with Crippen molar-refractivity contribution in [2.24, 2.45) is 0 Å². The lowest BCUT2D eigenvalue weighted by Gasteiger charge is -2.32. The van der Waals surface area contributed by atoms with Gasteiger partial charge in [-0.15, -0.1) is 0 Å². The molecule has 0 aromatic heterocycles. The Kier molecular flexibility index (Phi) is 2.68. The van der Waals surface area contributed by atoms with Crippen LogP contribution in [0.3, 0.4) is 0 Å². The third-order valence-electron chi connectivity index (χ3n) is 3.42. The molecule has 2 aliphatic heterocycles. The smallest absolute Gasteiger partial charge is 0.322 e. The number of rotatable bonds is 1. The van der Waals surface area contributed by atoms with Crippen molar-refractivity contribution in [1.82, 2.24) is 10.6 Å². The quantitative estimate of drug-likeness (QED) is 0.569. The second kappa shape index (κ2) is 4.14. The summed E-state index contributed by atoms with van der Waals surface area (Å²) in [6.45, 7) is 0.343. The highest BCUT2D eigenvalue weighted by Crippen LogP contribution is 2.40. The van der Waals surface area contributed by atoms with Crippen molar-refractivity contribution < 1.29 is 18.9 Å². The van der Waals surface area contributed by atoms with Crippen LogP contribution in [0.5, 0.6) is 5.75 Å². The Morgan fingerprint density at radius 1 is 1.42 bits per heavy atom. The third kappa shape index (κ3) is 1.77. The maximum absolute atomic E-state index is 12.1. The molecule has 1 saturated heterocycles. The van der Waals surface area contributed by atoms with E-state index < -0.39 is 22.7 Å². The van der Waals surface area contributed by atoms with Gasteiger partial charge in [0, 0.05) is 18.1 Å². The number of carbonyl (C=O) groups is 2. The SMILES string of the molecule is C[S+]([O-])c1ccc2c(c1)C1(CCO2)NC(=O)NC1=O. The molecule has 7 heteroatoms. The molecule has 2 atom stereocenters. The number of hydrogen-bond acceptors (Lipinski definition) is 4. The van der Waals surface area contributed by atoms with Crippen molar-refractivity contribution >= 4 is 23.1 Å². The van der Waals surface area contributed by atoms with Crippen LogP contribution in [-0.2, 0) is 21.5 Å². The first kappa shape index (κ1) is 12.3. The van der Waals surface area contributed by atoms with Crippen LogP contribution in [0.15, 0.2) is 23.1 Å². The van der Waals surface area contributed by atoms with Gasteiger partial charge in [0.25, 0.3) is 5.91 Å². The van der Waals surface area contributed by atoms with Crippen LogP contribution < -0.4 is 15.4 Å². The van der Waals surface area contributed by atoms with Gasteiger partial charge in [0.2, 0.25) is 0 Å². The van der Waals surface area contributed by atoms with Gasteiger partial charge in [0.15, 0.2) is 10.4 Å². The molecule has 1 aromatic rings. The minimum Gasteiger partial charge on any atom is -0.612 e. The fourth-order valence-corrected chi connectivity index (χ4v) is 3.00. The van der Waals surface area contributed by atoms with Gasteiger partial charge in [-0.1, -0.05) is 0 Å². The number of urea groups is 1. The van der Waals surface area contributed by atoms with Crippen molar-refractivity contribution in [2.45, 2.75) is 16.9 Å². The highest BCUT2D eigenvalue weighted by Gasteiger charge is 2.51. The van der Waals surface area contributed by atoms with E-state index in [4.69, 9.17) is 4.74 Å². The van der Waals surface area contributed by atoms with Crippen LogP contribution in [-0.4, -0.2) is 29.4 Å². The second-order valence-corrected chi connectivity index (χ2v) is 5.90. The number of hydrogen-bond donors (Lipinski definition) is 2. The predicted molar refractivity (Wildman–Crippen MR) is 67.2 cm³/mol. The van der Waals surface area contributed by atoms with Crippen LogP contribution in [0.2, 0.25) is 0 Å². The summed E-state index contributed by atoms with van der Waals surface area (Å²) in [5.74, 6) is 0.152. The first-order chi connectivity index (χ1) is 9.03. The van der Waals surface area contributed by atoms with E-state index in [1.165, 1.54) is 0 Å². The molecule has 3 rings (SSSR count). The summed E-state index contributed by atoms with van der Waals surface area (Å²) >= 11 is -1.16. The van der Waals surface area contributed by atoms with Crippen LogP contribution in [0.1, 0.15) is 12.0 Å². The van der Waals surface area contributed by atoms with E-state index in [1.807, 2.05) is 0 Å². The maximum atomic E-state index is 12.1. The Hall–Kier alpha value is -1.73. The largest absolute Gasteiger partial charge is 0.612 e. The van der Waals surface area contributed by atoms with Gasteiger partial charge in [-0.05, 0) is 23.3 Å². The molecule has 1 spiro atoms. The molecule has 0 radical (unpaired) electrons. The van der Waals surface area contributed by atoms with Gasteiger partial charge in [0.1, 0.15) is 12.0 Å². The zero-order chi connectivity index (χ0) is 13.6. The Morgan fingerprint density at radius 3 is 2.84 bits per heavy atom. The van der Waals surface area contributed by atoms with Crippen LogP contribution in [0.25, 0.3) is 0 Å². The molecule has 1 fully saturated rings. The highest BCUT2D eigenvalue weighted by molar-refractivity contribution is 7.90. The Bertz CT molecular complexity index is 575. The van der Waals surface area contributed by atoms with E-state index in [-0.39, 0.29) is 5.91 Å². The first-order valence-corrected chi connectivity index (χ1v) is 7.33. The van der Waals surface area contributed by atoms with Gasteiger partial charge < -0.3 is 14.6 Å². The Labute approximate surface area is 112 Å². The number of ether oxygens (including phenoxy) is 1. The molecule has 6 nitrogen and oxygen atoms in total. The predicted octanol–water partition coefficient (Wildman–Crippen LogP) is 0.241. The summed E-state index contributed by atoms with van der Waals surface area (Å²) in [7, 11) is 0. The van der Waals surface area contributed by atoms with E-state index in [0.29, 0.717) is 29.2 Å². The van der Waals surface area contributed by atoms with E-state index in [1.54, 1.807) is 24.5 Å². The fraction of sp³-hybridized carbons (Fsp3) is 0.333. The average molecular weight is 280 g/mol. The molecule has 2 aliphatic rings. The summed E-state index contributed by atoms with van der Waals surface area (Å²) in [5.41, 5.74) is -0.533. The lowest BCUT2D eigenvalue weighted by molar-refractivity contribution is -0.125. The van der Waals surface area contributed by atoms with E-state index in [9.17, 15) is 14.1 Å². The molecule has 1 aromatic carbocycles. The highest BCUT2D eigenvalue weighted by atomic mass is 32.2. The average Bonchev–Trinajstić information content (AvgIpc) is 2.65. The molecular weight excluding hydrogens is 268 g/mol. The zero-order valence-electron chi connectivity index (χ0n) is 10.2. The number of fused-ring (bicyclic) bond motifs is 2. The lowest BCUT2D eigenvalue weighted by Crippen LogP contribution is -2.47. The van der Waals surface area contributed by atoms with Gasteiger partial charge in [-0.2, -0.15) is 0 Å². The maximum Gasteiger partial charge on any atom is 0.322 e. The third-order valence-corrected chi connectivity index (χ3v) is 4.34. The van der Waals surface area contributed by atoms with E-state index in [0.717, 1.165) is 0 Å². The van der Waals surface area contributed by atoms with Gasteiger partial charge in [-0.3, -0.25) is 10.1 Å². The fourth-order valence-electron chi connectivity index (χ4n) is 2.45. The number of carbonyl (C=O) groups excluding carboxylic acids is 2. The number of nitrogens with one attached hydrogen (secondary N) is 2. The summed E-state index contributed by atoms with van der Waals surface area (Å²) in [4.78, 5) is 24.1. The van der Waals surface area contributed by atoms with E-state index >= 15 is 0 Å². The first-order valence-electron chi connectivity index (χ1n) is 5.77. The molecule has 100 valence electrons. The molecule has 2 unspecified atom stereocenters.